The predicted molar refractivity (Wildman–Crippen MR) is 140 cm³/mol. The number of amides is 1. The second-order valence-electron chi connectivity index (χ2n) is 13.1. The number of hydrogen-bond donors (Lipinski definition) is 3. The van der Waals surface area contributed by atoms with E-state index in [1.807, 2.05) is 0 Å². The largest absolute Gasteiger partial charge is 0.479 e. The summed E-state index contributed by atoms with van der Waals surface area (Å²) in [5, 5.41) is 25.6. The lowest BCUT2D eigenvalue weighted by molar-refractivity contribution is -0.153. The molecular weight excluding hydrogens is 472 g/mol. The summed E-state index contributed by atoms with van der Waals surface area (Å²) in [6.07, 6.45) is 9.23. The molecule has 3 saturated carbocycles. The number of ketones is 1. The third kappa shape index (κ3) is 5.10. The monoisotopic (exact) mass is 516 g/mol. The number of carbonyl (C=O) groups excluding carboxylic acids is 2. The van der Waals surface area contributed by atoms with Crippen LogP contribution in [-0.4, -0.2) is 52.8 Å². The van der Waals surface area contributed by atoms with E-state index >= 15 is 0 Å². The number of aliphatic carboxylic acids is 1. The Bertz CT molecular complexity index is 1000. The van der Waals surface area contributed by atoms with Crippen molar-refractivity contribution in [1.29, 1.82) is 0 Å². The van der Waals surface area contributed by atoms with Crippen LogP contribution in [0.2, 0.25) is 0 Å². The number of carboxylic acid groups (broad SMARTS) is 1. The van der Waals surface area contributed by atoms with Crippen molar-refractivity contribution < 1.29 is 29.4 Å². The number of carbonyl (C=O) groups is 3. The number of nitrogens with zero attached hydrogens (tertiary/aromatic N) is 1. The number of nitrogens with one attached hydrogen (secondary N) is 1. The number of oxime groups is 1. The molecule has 4 aliphatic rings. The molecule has 0 heterocycles. The van der Waals surface area contributed by atoms with Crippen LogP contribution in [0.5, 0.6) is 0 Å². The van der Waals surface area contributed by atoms with E-state index in [1.165, 1.54) is 24.8 Å². The van der Waals surface area contributed by atoms with Gasteiger partial charge in [-0.15, -0.1) is 0 Å². The lowest BCUT2D eigenvalue weighted by atomic mass is 9.46. The summed E-state index contributed by atoms with van der Waals surface area (Å²) in [5.41, 5.74) is 1.62. The molecule has 0 spiro atoms. The predicted octanol–water partition coefficient (Wildman–Crippen LogP) is 4.11. The maximum Gasteiger partial charge on any atom is 0.333 e. The van der Waals surface area contributed by atoms with Gasteiger partial charge in [-0.2, -0.15) is 0 Å². The van der Waals surface area contributed by atoms with E-state index in [0.29, 0.717) is 23.5 Å². The van der Waals surface area contributed by atoms with Crippen molar-refractivity contribution in [3.63, 3.8) is 0 Å². The van der Waals surface area contributed by atoms with Crippen LogP contribution in [-0.2, 0) is 19.2 Å². The van der Waals surface area contributed by atoms with Crippen molar-refractivity contribution in [2.24, 2.45) is 45.1 Å². The molecule has 8 nitrogen and oxygen atoms in total. The van der Waals surface area contributed by atoms with E-state index in [9.17, 15) is 19.5 Å². The first kappa shape index (κ1) is 27.8. The summed E-state index contributed by atoms with van der Waals surface area (Å²) in [6.45, 7) is 9.50. The van der Waals surface area contributed by atoms with E-state index in [-0.39, 0.29) is 29.9 Å². The molecule has 4 aliphatic carbocycles. The lowest BCUT2D eigenvalue weighted by Crippen LogP contribution is -2.51. The van der Waals surface area contributed by atoms with Crippen molar-refractivity contribution in [3.8, 4) is 0 Å². The zero-order chi connectivity index (χ0) is 27.2. The number of carboxylic acids is 1. The van der Waals surface area contributed by atoms with Gasteiger partial charge in [0.15, 0.2) is 12.7 Å². The molecule has 4 rings (SSSR count). The molecular formula is C29H44N2O6. The minimum atomic E-state index is -1.57. The SMILES string of the molecule is CC(=O)[C@@H]1CC[C@@H]2[C@H]3CCC4=C/C(=N/OCC(=O)NCC(C)(C)[C@H](O)C(=O)O)CC[C@]4(C)[C@@H]3CC[C@]21C. The van der Waals surface area contributed by atoms with Crippen LogP contribution < -0.4 is 5.32 Å². The highest BCUT2D eigenvalue weighted by molar-refractivity contribution is 5.96. The maximum atomic E-state index is 12.4. The first-order valence-corrected chi connectivity index (χ1v) is 13.9. The Hall–Kier alpha value is -2.22. The average Bonchev–Trinajstić information content (AvgIpc) is 3.20. The van der Waals surface area contributed by atoms with Crippen LogP contribution in [0, 0.1) is 39.9 Å². The van der Waals surface area contributed by atoms with Crippen LogP contribution in [0.15, 0.2) is 16.8 Å². The molecule has 3 fully saturated rings. The number of Topliss-reactive ketones (excluding diaryl/α,β-unsaturated/α-hetero) is 1. The number of fused-ring (bicyclic) bond motifs is 5. The zero-order valence-electron chi connectivity index (χ0n) is 23.0. The molecule has 1 amide bonds. The van der Waals surface area contributed by atoms with E-state index in [2.05, 4.69) is 30.4 Å². The third-order valence-electron chi connectivity index (χ3n) is 10.6. The highest BCUT2D eigenvalue weighted by Crippen LogP contribution is 2.66. The summed E-state index contributed by atoms with van der Waals surface area (Å²) in [4.78, 5) is 40.9. The Balaban J connectivity index is 1.35. The summed E-state index contributed by atoms with van der Waals surface area (Å²) < 4.78 is 0. The van der Waals surface area contributed by atoms with E-state index in [4.69, 9.17) is 9.94 Å². The Morgan fingerprint density at radius 2 is 1.86 bits per heavy atom. The Labute approximate surface area is 220 Å². The normalized spacial score (nSPS) is 37.0. The number of hydrogen-bond acceptors (Lipinski definition) is 6. The number of rotatable bonds is 8. The molecule has 0 saturated heterocycles. The van der Waals surface area contributed by atoms with Gasteiger partial charge in [0.25, 0.3) is 5.91 Å². The molecule has 0 aromatic carbocycles. The van der Waals surface area contributed by atoms with Crippen molar-refractivity contribution in [2.75, 3.05) is 13.2 Å². The highest BCUT2D eigenvalue weighted by atomic mass is 16.6. The van der Waals surface area contributed by atoms with Crippen LogP contribution >= 0.6 is 0 Å². The van der Waals surface area contributed by atoms with Crippen molar-refractivity contribution >= 4 is 23.4 Å². The minimum absolute atomic E-state index is 0.0113. The lowest BCUT2D eigenvalue weighted by Gasteiger charge is -2.58. The Morgan fingerprint density at radius 3 is 2.54 bits per heavy atom. The maximum absolute atomic E-state index is 12.4. The first-order chi connectivity index (χ1) is 17.3. The molecule has 7 atom stereocenters. The second-order valence-corrected chi connectivity index (χ2v) is 13.1. The van der Waals surface area contributed by atoms with Gasteiger partial charge in [-0.05, 0) is 93.0 Å². The van der Waals surface area contributed by atoms with Gasteiger partial charge in [-0.1, -0.05) is 38.4 Å². The van der Waals surface area contributed by atoms with Gasteiger partial charge < -0.3 is 20.4 Å². The minimum Gasteiger partial charge on any atom is -0.479 e. The van der Waals surface area contributed by atoms with Gasteiger partial charge in [-0.3, -0.25) is 9.59 Å². The number of aliphatic hydroxyl groups excluding tert-OH is 1. The van der Waals surface area contributed by atoms with Crippen LogP contribution in [0.3, 0.4) is 0 Å². The number of aliphatic hydroxyl groups is 1. The standard InChI is InChI=1S/C29H44N2O6/c1-17(32)21-8-9-22-20-7-6-18-14-19(10-12-28(18,4)23(20)11-13-29(21,22)5)31-37-15-24(33)30-16-27(2,3)25(34)26(35)36/h14,20-23,25,34H,6-13,15-16H2,1-5H3,(H,30,33)(H,35,36)/b31-19+/t20-,21+,22-,23-,25-,28+,29+/m1/s1. The van der Waals surface area contributed by atoms with Gasteiger partial charge in [-0.25, -0.2) is 4.79 Å². The first-order valence-electron chi connectivity index (χ1n) is 13.9. The van der Waals surface area contributed by atoms with E-state index < -0.39 is 23.4 Å². The summed E-state index contributed by atoms with van der Waals surface area (Å²) >= 11 is 0. The second kappa shape index (κ2) is 10.2. The van der Waals surface area contributed by atoms with Crippen molar-refractivity contribution in [3.05, 3.63) is 11.6 Å². The number of allylic oxidation sites excluding steroid dienone is 2. The van der Waals surface area contributed by atoms with Crippen molar-refractivity contribution in [1.82, 2.24) is 5.32 Å². The van der Waals surface area contributed by atoms with Gasteiger partial charge in [0.05, 0.1) is 5.71 Å². The van der Waals surface area contributed by atoms with Gasteiger partial charge in [0, 0.05) is 17.9 Å². The van der Waals surface area contributed by atoms with Gasteiger partial charge in [0.2, 0.25) is 0 Å². The molecule has 37 heavy (non-hydrogen) atoms. The molecule has 8 heteroatoms. The fraction of sp³-hybridized carbons (Fsp3) is 0.793. The molecule has 0 aromatic heterocycles. The zero-order valence-corrected chi connectivity index (χ0v) is 23.0. The summed E-state index contributed by atoms with van der Waals surface area (Å²) in [6, 6.07) is 0. The van der Waals surface area contributed by atoms with Gasteiger partial charge >= 0.3 is 5.97 Å². The highest BCUT2D eigenvalue weighted by Gasteiger charge is 2.59. The molecule has 0 aromatic rings. The molecule has 206 valence electrons. The fourth-order valence-corrected chi connectivity index (χ4v) is 8.29. The van der Waals surface area contributed by atoms with E-state index in [0.717, 1.165) is 37.8 Å². The Kier molecular flexibility index (Phi) is 7.63. The van der Waals surface area contributed by atoms with Crippen molar-refractivity contribution in [2.45, 2.75) is 92.1 Å². The van der Waals surface area contributed by atoms with Crippen LogP contribution in [0.1, 0.15) is 86.0 Å². The summed E-state index contributed by atoms with van der Waals surface area (Å²) in [5.74, 6) is 0.864. The molecule has 3 N–H and O–H groups in total. The van der Waals surface area contributed by atoms with Crippen LogP contribution in [0.25, 0.3) is 0 Å². The molecule has 0 unspecified atom stereocenters. The quantitative estimate of drug-likeness (QED) is 0.417. The molecule has 0 radical (unpaired) electrons. The molecule has 0 aliphatic heterocycles. The average molecular weight is 517 g/mol. The summed E-state index contributed by atoms with van der Waals surface area (Å²) in [7, 11) is 0. The van der Waals surface area contributed by atoms with Gasteiger partial charge in [0.1, 0.15) is 5.78 Å². The topological polar surface area (TPSA) is 125 Å². The molecule has 0 bridgehead atoms. The van der Waals surface area contributed by atoms with E-state index in [1.54, 1.807) is 20.8 Å². The fourth-order valence-electron chi connectivity index (χ4n) is 8.29. The Morgan fingerprint density at radius 1 is 1.14 bits per heavy atom. The smallest absolute Gasteiger partial charge is 0.333 e. The third-order valence-corrected chi connectivity index (χ3v) is 10.6. The van der Waals surface area contributed by atoms with Crippen LogP contribution in [0.4, 0.5) is 0 Å².